The molecule has 0 aliphatic carbocycles. The molecular formula is C14H13ClN2O3. The number of ether oxygens (including phenoxy) is 1. The molecule has 1 N–H and O–H groups in total. The van der Waals surface area contributed by atoms with Crippen LogP contribution in [0.3, 0.4) is 0 Å². The topological polar surface area (TPSA) is 59.9 Å². The Kier molecular flexibility index (Phi) is 4.10. The fourth-order valence-electron chi connectivity index (χ4n) is 1.49. The smallest absolute Gasteiger partial charge is 0.282 e. The average Bonchev–Trinajstić information content (AvgIpc) is 2.81. The van der Waals surface area contributed by atoms with Crippen molar-refractivity contribution in [1.29, 1.82) is 0 Å². The van der Waals surface area contributed by atoms with Gasteiger partial charge in [-0.05, 0) is 31.6 Å². The number of nitrogens with zero attached hydrogens (tertiary/aromatic N) is 1. The second-order valence-electron chi connectivity index (χ2n) is 4.23. The van der Waals surface area contributed by atoms with Gasteiger partial charge in [0.05, 0.1) is 5.02 Å². The molecule has 0 spiro atoms. The first-order chi connectivity index (χ1) is 9.47. The maximum atomic E-state index is 11.8. The van der Waals surface area contributed by atoms with E-state index in [2.05, 4.69) is 17.1 Å². The summed E-state index contributed by atoms with van der Waals surface area (Å²) in [5.74, 6) is 1.23. The zero-order valence-electron chi connectivity index (χ0n) is 11.1. The molecule has 1 aliphatic rings. The number of hydroxylamine groups is 1. The third kappa shape index (κ3) is 3.19. The standard InChI is InChI=1S/C14H13ClN2O3/c1-8(2)14(18)11-5-4-10(6-12(11)15)19-7-13-16-9(3)17-20-13/h4-7H,1H2,2-3H3,(H,16,17). The van der Waals surface area contributed by atoms with Crippen LogP contribution in [-0.4, -0.2) is 11.6 Å². The number of nitrogens with one attached hydrogen (secondary N) is 1. The van der Waals surface area contributed by atoms with Crippen LogP contribution in [0.15, 0.2) is 47.5 Å². The molecule has 0 bridgehead atoms. The Balaban J connectivity index is 2.14. The van der Waals surface area contributed by atoms with Crippen molar-refractivity contribution in [2.75, 3.05) is 0 Å². The molecule has 0 unspecified atom stereocenters. The largest absolute Gasteiger partial charge is 0.459 e. The minimum absolute atomic E-state index is 0.191. The number of benzene rings is 1. The highest BCUT2D eigenvalue weighted by atomic mass is 35.5. The van der Waals surface area contributed by atoms with Crippen LogP contribution in [0.25, 0.3) is 0 Å². The molecule has 0 radical (unpaired) electrons. The number of Topliss-reactive ketones (excluding diaryl/α,β-unsaturated/α-hetero) is 1. The van der Waals surface area contributed by atoms with Crippen molar-refractivity contribution in [2.45, 2.75) is 13.8 Å². The van der Waals surface area contributed by atoms with Gasteiger partial charge >= 0.3 is 0 Å². The van der Waals surface area contributed by atoms with E-state index in [0.29, 0.717) is 33.6 Å². The Morgan fingerprint density at radius 3 is 2.85 bits per heavy atom. The van der Waals surface area contributed by atoms with Crippen LogP contribution in [-0.2, 0) is 4.84 Å². The molecule has 0 saturated heterocycles. The number of carbonyl (C=O) groups is 1. The van der Waals surface area contributed by atoms with E-state index in [0.717, 1.165) is 0 Å². The molecule has 1 aromatic rings. The summed E-state index contributed by atoms with van der Waals surface area (Å²) in [6, 6.07) is 4.78. The van der Waals surface area contributed by atoms with Crippen LogP contribution in [0.1, 0.15) is 24.2 Å². The Morgan fingerprint density at radius 1 is 1.55 bits per heavy atom. The van der Waals surface area contributed by atoms with Crippen LogP contribution in [0, 0.1) is 0 Å². The molecule has 0 saturated carbocycles. The first-order valence-corrected chi connectivity index (χ1v) is 6.20. The van der Waals surface area contributed by atoms with E-state index in [1.165, 1.54) is 6.26 Å². The lowest BCUT2D eigenvalue weighted by atomic mass is 10.1. The molecule has 0 fully saturated rings. The maximum Gasteiger partial charge on any atom is 0.282 e. The van der Waals surface area contributed by atoms with Gasteiger partial charge in [0.1, 0.15) is 11.6 Å². The molecular weight excluding hydrogens is 280 g/mol. The fourth-order valence-corrected chi connectivity index (χ4v) is 1.75. The van der Waals surface area contributed by atoms with Gasteiger partial charge in [-0.15, -0.1) is 0 Å². The van der Waals surface area contributed by atoms with Crippen LogP contribution >= 0.6 is 11.6 Å². The highest BCUT2D eigenvalue weighted by molar-refractivity contribution is 6.35. The van der Waals surface area contributed by atoms with E-state index in [4.69, 9.17) is 21.2 Å². The quantitative estimate of drug-likeness (QED) is 0.526. The number of rotatable bonds is 4. The van der Waals surface area contributed by atoms with E-state index in [1.54, 1.807) is 32.0 Å². The summed E-state index contributed by atoms with van der Waals surface area (Å²) in [5.41, 5.74) is 3.40. The Labute approximate surface area is 121 Å². The van der Waals surface area contributed by atoms with Gasteiger partial charge in [-0.25, -0.2) is 5.48 Å². The number of hydrogen-bond donors (Lipinski definition) is 1. The van der Waals surface area contributed by atoms with Gasteiger partial charge in [0.15, 0.2) is 12.0 Å². The predicted octanol–water partition coefficient (Wildman–Crippen LogP) is 3.23. The molecule has 6 heteroatoms. The van der Waals surface area contributed by atoms with Crippen LogP contribution in [0.4, 0.5) is 0 Å². The van der Waals surface area contributed by atoms with Crippen LogP contribution in [0.5, 0.6) is 5.75 Å². The summed E-state index contributed by atoms with van der Waals surface area (Å²) < 4.78 is 5.36. The molecule has 0 amide bonds. The van der Waals surface area contributed by atoms with Gasteiger partial charge in [-0.1, -0.05) is 18.2 Å². The predicted molar refractivity (Wildman–Crippen MR) is 76.6 cm³/mol. The fraction of sp³-hybridized carbons (Fsp3) is 0.143. The molecule has 0 aromatic heterocycles. The third-order valence-electron chi connectivity index (χ3n) is 2.45. The molecule has 2 rings (SSSR count). The Hall–Kier alpha value is -2.27. The van der Waals surface area contributed by atoms with Crippen molar-refractivity contribution in [2.24, 2.45) is 4.99 Å². The number of allylic oxidation sites excluding steroid dienone is 1. The molecule has 104 valence electrons. The molecule has 1 heterocycles. The minimum atomic E-state index is -0.191. The van der Waals surface area contributed by atoms with Gasteiger partial charge in [0.2, 0.25) is 0 Å². The molecule has 5 nitrogen and oxygen atoms in total. The van der Waals surface area contributed by atoms with Gasteiger partial charge in [-0.3, -0.25) is 4.79 Å². The summed E-state index contributed by atoms with van der Waals surface area (Å²) >= 11 is 6.05. The first kappa shape index (κ1) is 14.1. The summed E-state index contributed by atoms with van der Waals surface area (Å²) in [6.45, 7) is 7.00. The van der Waals surface area contributed by atoms with Gasteiger partial charge in [0, 0.05) is 11.6 Å². The van der Waals surface area contributed by atoms with Crippen molar-refractivity contribution in [1.82, 2.24) is 5.48 Å². The van der Waals surface area contributed by atoms with Gasteiger partial charge in [0.25, 0.3) is 5.88 Å². The lowest BCUT2D eigenvalue weighted by Crippen LogP contribution is -2.11. The number of carbonyl (C=O) groups excluding carboxylic acids is 1. The second kappa shape index (κ2) is 5.79. The highest BCUT2D eigenvalue weighted by Gasteiger charge is 2.12. The summed E-state index contributed by atoms with van der Waals surface area (Å²) in [6.07, 6.45) is 1.34. The van der Waals surface area contributed by atoms with E-state index < -0.39 is 0 Å². The highest BCUT2D eigenvalue weighted by Crippen LogP contribution is 2.25. The molecule has 20 heavy (non-hydrogen) atoms. The normalized spacial score (nSPS) is 15.3. The summed E-state index contributed by atoms with van der Waals surface area (Å²) in [5, 5.41) is 0.305. The van der Waals surface area contributed by atoms with E-state index in [9.17, 15) is 4.79 Å². The maximum absolute atomic E-state index is 11.8. The summed E-state index contributed by atoms with van der Waals surface area (Å²) in [4.78, 5) is 20.8. The van der Waals surface area contributed by atoms with E-state index >= 15 is 0 Å². The van der Waals surface area contributed by atoms with E-state index in [-0.39, 0.29) is 5.78 Å². The van der Waals surface area contributed by atoms with Crippen molar-refractivity contribution < 1.29 is 14.4 Å². The number of aliphatic imine (C=N–C) groups is 1. The Bertz CT molecular complexity index is 635. The second-order valence-corrected chi connectivity index (χ2v) is 4.63. The lowest BCUT2D eigenvalue weighted by Gasteiger charge is -2.06. The van der Waals surface area contributed by atoms with Crippen molar-refractivity contribution in [3.8, 4) is 5.75 Å². The molecule has 1 aliphatic heterocycles. The van der Waals surface area contributed by atoms with Gasteiger partial charge < -0.3 is 9.57 Å². The minimum Gasteiger partial charge on any atom is -0.459 e. The third-order valence-corrected chi connectivity index (χ3v) is 2.76. The number of hydrogen-bond acceptors (Lipinski definition) is 5. The SMILES string of the molecule is C=C(C)C(=O)c1ccc(OC=C2N=C(C)NO2)cc1Cl. The Morgan fingerprint density at radius 2 is 2.30 bits per heavy atom. The van der Waals surface area contributed by atoms with Crippen molar-refractivity contribution in [3.63, 3.8) is 0 Å². The molecule has 1 aromatic carbocycles. The van der Waals surface area contributed by atoms with Crippen LogP contribution in [0.2, 0.25) is 5.02 Å². The number of ketones is 1. The zero-order valence-corrected chi connectivity index (χ0v) is 11.8. The lowest BCUT2D eigenvalue weighted by molar-refractivity contribution is 0.103. The van der Waals surface area contributed by atoms with Crippen LogP contribution < -0.4 is 10.2 Å². The summed E-state index contributed by atoms with van der Waals surface area (Å²) in [7, 11) is 0. The van der Waals surface area contributed by atoms with Gasteiger partial charge in [-0.2, -0.15) is 4.99 Å². The number of halogens is 1. The van der Waals surface area contributed by atoms with Crippen molar-refractivity contribution in [3.05, 3.63) is 53.1 Å². The first-order valence-electron chi connectivity index (χ1n) is 5.82. The van der Waals surface area contributed by atoms with E-state index in [1.807, 2.05) is 0 Å². The molecule has 0 atom stereocenters. The zero-order chi connectivity index (χ0) is 14.7. The van der Waals surface area contributed by atoms with Crippen molar-refractivity contribution >= 4 is 23.2 Å². The number of amidine groups is 1. The average molecular weight is 293 g/mol. The monoisotopic (exact) mass is 292 g/mol.